The molecule has 2 aromatic carbocycles. The fourth-order valence-electron chi connectivity index (χ4n) is 1.88. The molecular formula is C17H18FNO2. The van der Waals surface area contributed by atoms with Crippen molar-refractivity contribution >= 4 is 5.91 Å². The quantitative estimate of drug-likeness (QED) is 0.857. The van der Waals surface area contributed by atoms with Crippen LogP contribution in [0.4, 0.5) is 4.39 Å². The molecule has 3 nitrogen and oxygen atoms in total. The molecule has 0 aliphatic rings. The zero-order chi connectivity index (χ0) is 15.2. The van der Waals surface area contributed by atoms with Gasteiger partial charge in [-0.3, -0.25) is 4.79 Å². The van der Waals surface area contributed by atoms with Crippen LogP contribution in [0.5, 0.6) is 5.75 Å². The number of amides is 1. The number of benzene rings is 2. The van der Waals surface area contributed by atoms with Crippen LogP contribution in [0, 0.1) is 19.7 Å². The lowest BCUT2D eigenvalue weighted by molar-refractivity contribution is 0.0943. The van der Waals surface area contributed by atoms with E-state index < -0.39 is 11.7 Å². The lowest BCUT2D eigenvalue weighted by Gasteiger charge is -2.09. The molecule has 0 saturated heterocycles. The Kier molecular flexibility index (Phi) is 4.93. The third-order valence-corrected chi connectivity index (χ3v) is 3.25. The molecule has 2 rings (SSSR count). The van der Waals surface area contributed by atoms with Gasteiger partial charge in [0.25, 0.3) is 5.91 Å². The second-order valence-electron chi connectivity index (χ2n) is 4.83. The van der Waals surface area contributed by atoms with Crippen LogP contribution in [0.15, 0.2) is 42.5 Å². The first-order chi connectivity index (χ1) is 10.1. The van der Waals surface area contributed by atoms with E-state index in [4.69, 9.17) is 4.74 Å². The van der Waals surface area contributed by atoms with E-state index >= 15 is 0 Å². The van der Waals surface area contributed by atoms with E-state index in [0.717, 1.165) is 11.3 Å². The van der Waals surface area contributed by atoms with Gasteiger partial charge in [-0.25, -0.2) is 4.39 Å². The summed E-state index contributed by atoms with van der Waals surface area (Å²) in [5.74, 6) is -0.194. The summed E-state index contributed by atoms with van der Waals surface area (Å²) in [6, 6.07) is 11.7. The standard InChI is InChI=1S/C17H18FNO2/c1-12-7-8-14(11-13(12)2)21-10-9-19-17(20)15-5-3-4-6-16(15)18/h3-8,11H,9-10H2,1-2H3,(H,19,20). The monoisotopic (exact) mass is 287 g/mol. The fourth-order valence-corrected chi connectivity index (χ4v) is 1.88. The molecule has 0 saturated carbocycles. The summed E-state index contributed by atoms with van der Waals surface area (Å²) in [6.07, 6.45) is 0. The van der Waals surface area contributed by atoms with Crippen molar-refractivity contribution in [3.05, 3.63) is 65.0 Å². The first kappa shape index (κ1) is 15.0. The van der Waals surface area contributed by atoms with Crippen LogP contribution in [0.2, 0.25) is 0 Å². The number of hydrogen-bond acceptors (Lipinski definition) is 2. The minimum absolute atomic E-state index is 0.0451. The van der Waals surface area contributed by atoms with E-state index in [0.29, 0.717) is 13.2 Å². The summed E-state index contributed by atoms with van der Waals surface area (Å²) < 4.78 is 19.0. The molecule has 0 spiro atoms. The van der Waals surface area contributed by atoms with E-state index in [1.54, 1.807) is 12.1 Å². The predicted molar refractivity (Wildman–Crippen MR) is 80.1 cm³/mol. The highest BCUT2D eigenvalue weighted by atomic mass is 19.1. The van der Waals surface area contributed by atoms with Gasteiger partial charge in [0, 0.05) is 0 Å². The van der Waals surface area contributed by atoms with E-state index in [-0.39, 0.29) is 5.56 Å². The zero-order valence-electron chi connectivity index (χ0n) is 12.2. The lowest BCUT2D eigenvalue weighted by Crippen LogP contribution is -2.28. The summed E-state index contributed by atoms with van der Waals surface area (Å²) in [5.41, 5.74) is 2.40. The van der Waals surface area contributed by atoms with Gasteiger partial charge in [-0.2, -0.15) is 0 Å². The maximum absolute atomic E-state index is 13.4. The highest BCUT2D eigenvalue weighted by molar-refractivity contribution is 5.94. The smallest absolute Gasteiger partial charge is 0.254 e. The minimum atomic E-state index is -0.523. The molecular weight excluding hydrogens is 269 g/mol. The highest BCUT2D eigenvalue weighted by Gasteiger charge is 2.09. The number of nitrogens with one attached hydrogen (secondary N) is 1. The average molecular weight is 287 g/mol. The van der Waals surface area contributed by atoms with Gasteiger partial charge in [-0.05, 0) is 49.2 Å². The number of carbonyl (C=O) groups is 1. The van der Waals surface area contributed by atoms with Gasteiger partial charge in [-0.1, -0.05) is 18.2 Å². The van der Waals surface area contributed by atoms with E-state index in [1.807, 2.05) is 32.0 Å². The van der Waals surface area contributed by atoms with E-state index in [2.05, 4.69) is 5.32 Å². The molecule has 0 unspecified atom stereocenters. The molecule has 0 radical (unpaired) electrons. The van der Waals surface area contributed by atoms with Gasteiger partial charge >= 0.3 is 0 Å². The van der Waals surface area contributed by atoms with Crippen molar-refractivity contribution in [1.29, 1.82) is 0 Å². The van der Waals surface area contributed by atoms with Crippen molar-refractivity contribution in [2.45, 2.75) is 13.8 Å². The van der Waals surface area contributed by atoms with Crippen LogP contribution in [-0.2, 0) is 0 Å². The minimum Gasteiger partial charge on any atom is -0.492 e. The average Bonchev–Trinajstić information content (AvgIpc) is 2.47. The lowest BCUT2D eigenvalue weighted by atomic mass is 10.1. The second kappa shape index (κ2) is 6.88. The summed E-state index contributed by atoms with van der Waals surface area (Å²) >= 11 is 0. The molecule has 1 N–H and O–H groups in total. The van der Waals surface area contributed by atoms with Gasteiger partial charge in [-0.15, -0.1) is 0 Å². The van der Waals surface area contributed by atoms with Gasteiger partial charge in [0.15, 0.2) is 0 Å². The van der Waals surface area contributed by atoms with Crippen molar-refractivity contribution in [2.24, 2.45) is 0 Å². The Labute approximate surface area is 123 Å². The third-order valence-electron chi connectivity index (χ3n) is 3.25. The Hall–Kier alpha value is -2.36. The third kappa shape index (κ3) is 4.05. The Morgan fingerprint density at radius 2 is 1.90 bits per heavy atom. The Morgan fingerprint density at radius 3 is 2.62 bits per heavy atom. The Bertz CT molecular complexity index is 640. The van der Waals surface area contributed by atoms with Gasteiger partial charge in [0.2, 0.25) is 0 Å². The number of hydrogen-bond donors (Lipinski definition) is 1. The van der Waals surface area contributed by atoms with Gasteiger partial charge in [0.1, 0.15) is 18.2 Å². The molecule has 1 amide bonds. The fraction of sp³-hybridized carbons (Fsp3) is 0.235. The summed E-state index contributed by atoms with van der Waals surface area (Å²) in [7, 11) is 0. The topological polar surface area (TPSA) is 38.3 Å². The molecule has 21 heavy (non-hydrogen) atoms. The van der Waals surface area contributed by atoms with Crippen LogP contribution < -0.4 is 10.1 Å². The maximum Gasteiger partial charge on any atom is 0.254 e. The summed E-state index contributed by atoms with van der Waals surface area (Å²) in [5, 5.41) is 2.63. The number of carbonyl (C=O) groups excluding carboxylic acids is 1. The molecule has 0 aliphatic heterocycles. The molecule has 4 heteroatoms. The van der Waals surface area contributed by atoms with Gasteiger partial charge in [0.05, 0.1) is 12.1 Å². The zero-order valence-corrected chi connectivity index (χ0v) is 12.2. The predicted octanol–water partition coefficient (Wildman–Crippen LogP) is 3.25. The van der Waals surface area contributed by atoms with Crippen LogP contribution in [0.25, 0.3) is 0 Å². The van der Waals surface area contributed by atoms with Crippen molar-refractivity contribution < 1.29 is 13.9 Å². The number of halogens is 1. The molecule has 0 fully saturated rings. The normalized spacial score (nSPS) is 10.2. The van der Waals surface area contributed by atoms with E-state index in [9.17, 15) is 9.18 Å². The van der Waals surface area contributed by atoms with Gasteiger partial charge < -0.3 is 10.1 Å². The largest absolute Gasteiger partial charge is 0.492 e. The van der Waals surface area contributed by atoms with Crippen molar-refractivity contribution in [1.82, 2.24) is 5.32 Å². The van der Waals surface area contributed by atoms with Crippen molar-refractivity contribution in [2.75, 3.05) is 13.2 Å². The highest BCUT2D eigenvalue weighted by Crippen LogP contribution is 2.16. The molecule has 0 heterocycles. The first-order valence-corrected chi connectivity index (χ1v) is 6.80. The molecule has 110 valence electrons. The number of rotatable bonds is 5. The molecule has 0 aromatic heterocycles. The second-order valence-corrected chi connectivity index (χ2v) is 4.83. The summed E-state index contributed by atoms with van der Waals surface area (Å²) in [4.78, 5) is 11.8. The Morgan fingerprint density at radius 1 is 1.14 bits per heavy atom. The first-order valence-electron chi connectivity index (χ1n) is 6.80. The number of ether oxygens (including phenoxy) is 1. The molecule has 2 aromatic rings. The van der Waals surface area contributed by atoms with Crippen LogP contribution >= 0.6 is 0 Å². The molecule has 0 bridgehead atoms. The summed E-state index contributed by atoms with van der Waals surface area (Å²) in [6.45, 7) is 4.71. The van der Waals surface area contributed by atoms with Crippen molar-refractivity contribution in [3.63, 3.8) is 0 Å². The molecule has 0 atom stereocenters. The molecule has 0 aliphatic carbocycles. The Balaban J connectivity index is 1.81. The van der Waals surface area contributed by atoms with Crippen LogP contribution in [0.3, 0.4) is 0 Å². The van der Waals surface area contributed by atoms with Crippen molar-refractivity contribution in [3.8, 4) is 5.75 Å². The van der Waals surface area contributed by atoms with Crippen LogP contribution in [-0.4, -0.2) is 19.1 Å². The van der Waals surface area contributed by atoms with E-state index in [1.165, 1.54) is 17.7 Å². The SMILES string of the molecule is Cc1ccc(OCCNC(=O)c2ccccc2F)cc1C. The number of aryl methyl sites for hydroxylation is 2. The van der Waals surface area contributed by atoms with Crippen LogP contribution in [0.1, 0.15) is 21.5 Å². The maximum atomic E-state index is 13.4.